The third-order valence-corrected chi connectivity index (χ3v) is 4.34. The van der Waals surface area contributed by atoms with Gasteiger partial charge in [0.25, 0.3) is 0 Å². The summed E-state index contributed by atoms with van der Waals surface area (Å²) in [6.45, 7) is 0.735. The first-order chi connectivity index (χ1) is 9.27. The van der Waals surface area contributed by atoms with Crippen LogP contribution < -0.4 is 4.74 Å². The van der Waals surface area contributed by atoms with Gasteiger partial charge in [-0.25, -0.2) is 4.39 Å². The first-order valence-electron chi connectivity index (χ1n) is 7.33. The molecule has 1 aliphatic carbocycles. The zero-order valence-corrected chi connectivity index (χ0v) is 11.2. The Balaban J connectivity index is 1.67. The second-order valence-electron chi connectivity index (χ2n) is 5.76. The maximum absolute atomic E-state index is 13.6. The molecule has 104 valence electrons. The van der Waals surface area contributed by atoms with Gasteiger partial charge in [0.2, 0.25) is 0 Å². The number of hydrogen-bond acceptors (Lipinski definition) is 2. The molecule has 0 bridgehead atoms. The SMILES string of the molecule is Fc1ccccc1OC1CCOC2(CCCCC2)C1. The van der Waals surface area contributed by atoms with Gasteiger partial charge in [-0.05, 0) is 25.0 Å². The second-order valence-corrected chi connectivity index (χ2v) is 5.76. The number of hydrogen-bond donors (Lipinski definition) is 0. The highest BCUT2D eigenvalue weighted by Crippen LogP contribution is 2.39. The minimum Gasteiger partial charge on any atom is -0.487 e. The molecule has 1 aliphatic heterocycles. The average Bonchev–Trinajstić information content (AvgIpc) is 2.42. The van der Waals surface area contributed by atoms with Gasteiger partial charge in [-0.3, -0.25) is 0 Å². The first kappa shape index (κ1) is 12.9. The van der Waals surface area contributed by atoms with Crippen LogP contribution in [0.3, 0.4) is 0 Å². The van der Waals surface area contributed by atoms with E-state index in [0.717, 1.165) is 32.3 Å². The highest BCUT2D eigenvalue weighted by molar-refractivity contribution is 5.24. The van der Waals surface area contributed by atoms with Crippen LogP contribution in [0.5, 0.6) is 5.75 Å². The summed E-state index contributed by atoms with van der Waals surface area (Å²) >= 11 is 0. The molecule has 1 saturated heterocycles. The summed E-state index contributed by atoms with van der Waals surface area (Å²) < 4.78 is 25.5. The predicted molar refractivity (Wildman–Crippen MR) is 71.8 cm³/mol. The van der Waals surface area contributed by atoms with Gasteiger partial charge < -0.3 is 9.47 Å². The van der Waals surface area contributed by atoms with E-state index in [0.29, 0.717) is 5.75 Å². The maximum Gasteiger partial charge on any atom is 0.165 e. The standard InChI is InChI=1S/C16H21FO2/c17-14-6-2-3-7-15(14)19-13-8-11-18-16(12-13)9-4-1-5-10-16/h2-3,6-7,13H,1,4-5,8-12H2. The fourth-order valence-corrected chi connectivity index (χ4v) is 3.35. The van der Waals surface area contributed by atoms with Crippen LogP contribution in [-0.4, -0.2) is 18.3 Å². The quantitative estimate of drug-likeness (QED) is 0.801. The molecule has 2 nitrogen and oxygen atoms in total. The van der Waals surface area contributed by atoms with Crippen molar-refractivity contribution in [1.82, 2.24) is 0 Å². The van der Waals surface area contributed by atoms with Crippen LogP contribution in [0.1, 0.15) is 44.9 Å². The molecule has 3 rings (SSSR count). The van der Waals surface area contributed by atoms with E-state index < -0.39 is 0 Å². The number of rotatable bonds is 2. The molecule has 0 amide bonds. The summed E-state index contributed by atoms with van der Waals surface area (Å²) in [4.78, 5) is 0. The Labute approximate surface area is 113 Å². The number of ether oxygens (including phenoxy) is 2. The van der Waals surface area contributed by atoms with Gasteiger partial charge in [0, 0.05) is 12.8 Å². The highest BCUT2D eigenvalue weighted by Gasteiger charge is 2.39. The third-order valence-electron chi connectivity index (χ3n) is 4.34. The zero-order chi connectivity index (χ0) is 13.1. The van der Waals surface area contributed by atoms with E-state index in [9.17, 15) is 4.39 Å². The van der Waals surface area contributed by atoms with Gasteiger partial charge >= 0.3 is 0 Å². The summed E-state index contributed by atoms with van der Waals surface area (Å²) in [5.41, 5.74) is 0.00637. The van der Waals surface area contributed by atoms with Crippen LogP contribution >= 0.6 is 0 Å². The Morgan fingerprint density at radius 2 is 1.95 bits per heavy atom. The molecule has 1 unspecified atom stereocenters. The molecule has 1 aromatic rings. The second kappa shape index (κ2) is 5.49. The normalized spacial score (nSPS) is 26.3. The van der Waals surface area contributed by atoms with E-state index >= 15 is 0 Å². The van der Waals surface area contributed by atoms with Crippen LogP contribution in [0.4, 0.5) is 4.39 Å². The molecular formula is C16H21FO2. The molecule has 19 heavy (non-hydrogen) atoms. The van der Waals surface area contributed by atoms with Crippen LogP contribution in [0.25, 0.3) is 0 Å². The maximum atomic E-state index is 13.6. The molecule has 1 heterocycles. The van der Waals surface area contributed by atoms with Crippen molar-refractivity contribution in [3.63, 3.8) is 0 Å². The Bertz CT molecular complexity index is 421. The average molecular weight is 264 g/mol. The summed E-state index contributed by atoms with van der Waals surface area (Å²) in [7, 11) is 0. The fraction of sp³-hybridized carbons (Fsp3) is 0.625. The van der Waals surface area contributed by atoms with Crippen molar-refractivity contribution in [3.05, 3.63) is 30.1 Å². The molecule has 2 aliphatic rings. The number of halogens is 1. The van der Waals surface area contributed by atoms with Crippen molar-refractivity contribution in [2.75, 3.05) is 6.61 Å². The predicted octanol–water partition coefficient (Wildman–Crippen LogP) is 4.09. The topological polar surface area (TPSA) is 18.5 Å². The molecule has 1 spiro atoms. The smallest absolute Gasteiger partial charge is 0.165 e. The van der Waals surface area contributed by atoms with Crippen LogP contribution in [0, 0.1) is 5.82 Å². The Morgan fingerprint density at radius 1 is 1.16 bits per heavy atom. The summed E-state index contributed by atoms with van der Waals surface area (Å²) in [6, 6.07) is 6.66. The Kier molecular flexibility index (Phi) is 3.74. The van der Waals surface area contributed by atoms with E-state index in [2.05, 4.69) is 0 Å². The molecule has 0 radical (unpaired) electrons. The van der Waals surface area contributed by atoms with Crippen molar-refractivity contribution < 1.29 is 13.9 Å². The summed E-state index contributed by atoms with van der Waals surface area (Å²) in [6.07, 6.45) is 7.90. The van der Waals surface area contributed by atoms with E-state index in [4.69, 9.17) is 9.47 Å². The molecule has 3 heteroatoms. The van der Waals surface area contributed by atoms with Crippen molar-refractivity contribution in [3.8, 4) is 5.75 Å². The van der Waals surface area contributed by atoms with Gasteiger partial charge in [-0.15, -0.1) is 0 Å². The highest BCUT2D eigenvalue weighted by atomic mass is 19.1. The van der Waals surface area contributed by atoms with Crippen LogP contribution in [0.2, 0.25) is 0 Å². The van der Waals surface area contributed by atoms with Crippen molar-refractivity contribution >= 4 is 0 Å². The van der Waals surface area contributed by atoms with Gasteiger partial charge in [-0.1, -0.05) is 31.4 Å². The van der Waals surface area contributed by atoms with Crippen molar-refractivity contribution in [1.29, 1.82) is 0 Å². The van der Waals surface area contributed by atoms with Gasteiger partial charge in [0.1, 0.15) is 6.10 Å². The van der Waals surface area contributed by atoms with Gasteiger partial charge in [0.15, 0.2) is 11.6 Å². The zero-order valence-electron chi connectivity index (χ0n) is 11.2. The van der Waals surface area contributed by atoms with E-state index in [1.807, 2.05) is 6.07 Å². The van der Waals surface area contributed by atoms with Crippen LogP contribution in [-0.2, 0) is 4.74 Å². The van der Waals surface area contributed by atoms with E-state index in [1.165, 1.54) is 25.3 Å². The molecule has 1 saturated carbocycles. The monoisotopic (exact) mass is 264 g/mol. The summed E-state index contributed by atoms with van der Waals surface area (Å²) in [5, 5.41) is 0. The summed E-state index contributed by atoms with van der Waals surface area (Å²) in [5.74, 6) is 0.104. The van der Waals surface area contributed by atoms with Crippen molar-refractivity contribution in [2.45, 2.75) is 56.7 Å². The first-order valence-corrected chi connectivity index (χ1v) is 7.33. The number of para-hydroxylation sites is 1. The minimum absolute atomic E-state index is 0.00637. The lowest BCUT2D eigenvalue weighted by Crippen LogP contribution is -2.45. The molecule has 1 aromatic carbocycles. The molecular weight excluding hydrogens is 243 g/mol. The molecule has 0 aromatic heterocycles. The molecule has 1 atom stereocenters. The lowest BCUT2D eigenvalue weighted by atomic mass is 9.79. The lowest BCUT2D eigenvalue weighted by Gasteiger charge is -2.43. The Morgan fingerprint density at radius 3 is 2.74 bits per heavy atom. The third kappa shape index (κ3) is 2.92. The number of benzene rings is 1. The van der Waals surface area contributed by atoms with E-state index in [-0.39, 0.29) is 17.5 Å². The molecule has 0 N–H and O–H groups in total. The van der Waals surface area contributed by atoms with E-state index in [1.54, 1.807) is 12.1 Å². The molecule has 2 fully saturated rings. The fourth-order valence-electron chi connectivity index (χ4n) is 3.35. The van der Waals surface area contributed by atoms with Gasteiger partial charge in [-0.2, -0.15) is 0 Å². The Hall–Kier alpha value is -1.09. The van der Waals surface area contributed by atoms with Crippen molar-refractivity contribution in [2.24, 2.45) is 0 Å². The van der Waals surface area contributed by atoms with Crippen LogP contribution in [0.15, 0.2) is 24.3 Å². The lowest BCUT2D eigenvalue weighted by molar-refractivity contribution is -0.130. The van der Waals surface area contributed by atoms with Gasteiger partial charge in [0.05, 0.1) is 12.2 Å². The largest absolute Gasteiger partial charge is 0.487 e. The minimum atomic E-state index is -0.272.